The minimum atomic E-state index is 0.716. The molecular formula is C12H19NO2. The van der Waals surface area contributed by atoms with Crippen LogP contribution >= 0.6 is 0 Å². The van der Waals surface area contributed by atoms with E-state index in [0.29, 0.717) is 6.61 Å². The van der Waals surface area contributed by atoms with Gasteiger partial charge in [-0.1, -0.05) is 6.07 Å². The van der Waals surface area contributed by atoms with Gasteiger partial charge in [0.1, 0.15) is 5.75 Å². The molecule has 0 saturated heterocycles. The first kappa shape index (κ1) is 11.9. The zero-order valence-electron chi connectivity index (χ0n) is 9.45. The lowest BCUT2D eigenvalue weighted by atomic mass is 10.2. The fraction of sp³-hybridized carbons (Fsp3) is 0.500. The van der Waals surface area contributed by atoms with Crippen LogP contribution in [0.5, 0.6) is 5.75 Å². The van der Waals surface area contributed by atoms with Crippen LogP contribution in [-0.4, -0.2) is 20.3 Å². The Morgan fingerprint density at radius 2 is 1.93 bits per heavy atom. The van der Waals surface area contributed by atoms with Crippen molar-refractivity contribution in [2.75, 3.05) is 26.1 Å². The van der Waals surface area contributed by atoms with Crippen molar-refractivity contribution in [1.29, 1.82) is 0 Å². The third-order valence-electron chi connectivity index (χ3n) is 2.21. The number of methoxy groups -OCH3 is 1. The average Bonchev–Trinajstić information content (AvgIpc) is 2.23. The molecule has 3 heteroatoms. The van der Waals surface area contributed by atoms with Crippen LogP contribution < -0.4 is 10.5 Å². The summed E-state index contributed by atoms with van der Waals surface area (Å²) in [7, 11) is 1.71. The molecule has 0 heterocycles. The molecular weight excluding hydrogens is 190 g/mol. The largest absolute Gasteiger partial charge is 0.493 e. The zero-order chi connectivity index (χ0) is 11.1. The van der Waals surface area contributed by atoms with E-state index in [4.69, 9.17) is 15.2 Å². The number of nitrogens with two attached hydrogens (primary N) is 1. The molecule has 1 aromatic carbocycles. The molecule has 0 bridgehead atoms. The second kappa shape index (κ2) is 6.30. The Morgan fingerprint density at radius 1 is 1.20 bits per heavy atom. The van der Waals surface area contributed by atoms with Gasteiger partial charge in [-0.2, -0.15) is 0 Å². The molecule has 1 rings (SSSR count). The van der Waals surface area contributed by atoms with E-state index in [2.05, 4.69) is 0 Å². The molecule has 0 aromatic heterocycles. The summed E-state index contributed by atoms with van der Waals surface area (Å²) in [6.45, 7) is 3.52. The fourth-order valence-corrected chi connectivity index (χ4v) is 1.30. The Kier molecular flexibility index (Phi) is 4.98. The molecule has 0 saturated carbocycles. The summed E-state index contributed by atoms with van der Waals surface area (Å²) >= 11 is 0. The zero-order valence-corrected chi connectivity index (χ0v) is 9.45. The van der Waals surface area contributed by atoms with E-state index in [1.807, 2.05) is 25.1 Å². The van der Waals surface area contributed by atoms with Crippen LogP contribution in [0.25, 0.3) is 0 Å². The number of rotatable bonds is 6. The maximum absolute atomic E-state index is 5.68. The van der Waals surface area contributed by atoms with Gasteiger partial charge in [0.25, 0.3) is 0 Å². The molecule has 0 aliphatic heterocycles. The molecule has 3 nitrogen and oxygen atoms in total. The first-order valence-corrected chi connectivity index (χ1v) is 5.22. The van der Waals surface area contributed by atoms with Crippen LogP contribution in [0.2, 0.25) is 0 Å². The molecule has 0 aliphatic rings. The minimum absolute atomic E-state index is 0.716. The molecule has 15 heavy (non-hydrogen) atoms. The van der Waals surface area contributed by atoms with E-state index in [9.17, 15) is 0 Å². The monoisotopic (exact) mass is 209 g/mol. The summed E-state index contributed by atoms with van der Waals surface area (Å²) in [5.41, 5.74) is 7.54. The summed E-state index contributed by atoms with van der Waals surface area (Å²) in [5.74, 6) is 0.882. The topological polar surface area (TPSA) is 44.5 Å². The van der Waals surface area contributed by atoms with Crippen LogP contribution in [0.4, 0.5) is 5.69 Å². The van der Waals surface area contributed by atoms with Crippen molar-refractivity contribution in [3.8, 4) is 5.75 Å². The molecule has 0 spiro atoms. The number of nitrogen functional groups attached to an aromatic ring is 1. The maximum atomic E-state index is 5.68. The third kappa shape index (κ3) is 4.21. The Hall–Kier alpha value is -1.22. The highest BCUT2D eigenvalue weighted by Gasteiger charge is 1.99. The maximum Gasteiger partial charge on any atom is 0.124 e. The molecule has 0 amide bonds. The van der Waals surface area contributed by atoms with Crippen molar-refractivity contribution in [1.82, 2.24) is 0 Å². The van der Waals surface area contributed by atoms with Crippen molar-refractivity contribution < 1.29 is 9.47 Å². The Labute approximate surface area is 91.2 Å². The summed E-state index contributed by atoms with van der Waals surface area (Å²) in [4.78, 5) is 0. The number of hydrogen-bond donors (Lipinski definition) is 1. The number of hydrogen-bond acceptors (Lipinski definition) is 3. The molecule has 0 fully saturated rings. The molecule has 2 N–H and O–H groups in total. The second-order valence-electron chi connectivity index (χ2n) is 3.57. The van der Waals surface area contributed by atoms with Gasteiger partial charge in [0.05, 0.1) is 6.61 Å². The lowest BCUT2D eigenvalue weighted by molar-refractivity contribution is 0.184. The van der Waals surface area contributed by atoms with Gasteiger partial charge >= 0.3 is 0 Å². The van der Waals surface area contributed by atoms with E-state index in [1.165, 1.54) is 0 Å². The van der Waals surface area contributed by atoms with Crippen LogP contribution in [0.1, 0.15) is 18.4 Å². The summed E-state index contributed by atoms with van der Waals surface area (Å²) < 4.78 is 10.6. The predicted molar refractivity (Wildman–Crippen MR) is 62.2 cm³/mol. The second-order valence-corrected chi connectivity index (χ2v) is 3.57. The van der Waals surface area contributed by atoms with Gasteiger partial charge < -0.3 is 15.2 Å². The van der Waals surface area contributed by atoms with E-state index >= 15 is 0 Å². The van der Waals surface area contributed by atoms with Crippen molar-refractivity contribution in [3.63, 3.8) is 0 Å². The van der Waals surface area contributed by atoms with Crippen molar-refractivity contribution in [2.45, 2.75) is 19.8 Å². The Bertz CT molecular complexity index is 300. The van der Waals surface area contributed by atoms with Gasteiger partial charge in [0, 0.05) is 25.5 Å². The Morgan fingerprint density at radius 3 is 2.67 bits per heavy atom. The van der Waals surface area contributed by atoms with Gasteiger partial charge in [-0.15, -0.1) is 0 Å². The van der Waals surface area contributed by atoms with E-state index in [1.54, 1.807) is 7.11 Å². The fourth-order valence-electron chi connectivity index (χ4n) is 1.30. The molecule has 1 aromatic rings. The molecule has 0 unspecified atom stereocenters. The van der Waals surface area contributed by atoms with Crippen LogP contribution in [0.15, 0.2) is 18.2 Å². The first-order valence-electron chi connectivity index (χ1n) is 5.22. The van der Waals surface area contributed by atoms with Gasteiger partial charge in [0.2, 0.25) is 0 Å². The average molecular weight is 209 g/mol. The molecule has 0 radical (unpaired) electrons. The third-order valence-corrected chi connectivity index (χ3v) is 2.21. The minimum Gasteiger partial charge on any atom is -0.493 e. The molecule has 0 atom stereocenters. The number of benzene rings is 1. The SMILES string of the molecule is COCCCCOc1cc(N)ccc1C. The van der Waals surface area contributed by atoms with Gasteiger partial charge in [-0.25, -0.2) is 0 Å². The van der Waals surface area contributed by atoms with Gasteiger partial charge in [-0.3, -0.25) is 0 Å². The van der Waals surface area contributed by atoms with Crippen molar-refractivity contribution >= 4 is 5.69 Å². The highest BCUT2D eigenvalue weighted by Crippen LogP contribution is 2.20. The van der Waals surface area contributed by atoms with Gasteiger partial charge in [0.15, 0.2) is 0 Å². The number of ether oxygens (including phenoxy) is 2. The van der Waals surface area contributed by atoms with Crippen LogP contribution in [-0.2, 0) is 4.74 Å². The summed E-state index contributed by atoms with van der Waals surface area (Å²) in [5, 5.41) is 0. The number of unbranched alkanes of at least 4 members (excludes halogenated alkanes) is 1. The molecule has 84 valence electrons. The standard InChI is InChI=1S/C12H19NO2/c1-10-5-6-11(13)9-12(10)15-8-4-3-7-14-2/h5-6,9H,3-4,7-8,13H2,1-2H3. The lowest BCUT2D eigenvalue weighted by Gasteiger charge is -2.09. The van der Waals surface area contributed by atoms with E-state index in [-0.39, 0.29) is 0 Å². The quantitative estimate of drug-likeness (QED) is 0.578. The summed E-state index contributed by atoms with van der Waals surface area (Å²) in [6.07, 6.45) is 2.03. The lowest BCUT2D eigenvalue weighted by Crippen LogP contribution is -2.01. The predicted octanol–water partition coefficient (Wildman–Crippen LogP) is 2.38. The van der Waals surface area contributed by atoms with Crippen LogP contribution in [0.3, 0.4) is 0 Å². The smallest absolute Gasteiger partial charge is 0.124 e. The van der Waals surface area contributed by atoms with Crippen molar-refractivity contribution in [3.05, 3.63) is 23.8 Å². The normalized spacial score (nSPS) is 10.3. The van der Waals surface area contributed by atoms with E-state index < -0.39 is 0 Å². The highest BCUT2D eigenvalue weighted by atomic mass is 16.5. The van der Waals surface area contributed by atoms with Crippen molar-refractivity contribution in [2.24, 2.45) is 0 Å². The number of anilines is 1. The number of aryl methyl sites for hydroxylation is 1. The molecule has 0 aliphatic carbocycles. The highest BCUT2D eigenvalue weighted by molar-refractivity contribution is 5.47. The first-order chi connectivity index (χ1) is 7.24. The summed E-state index contributed by atoms with van der Waals surface area (Å²) in [6, 6.07) is 5.72. The van der Waals surface area contributed by atoms with Gasteiger partial charge in [-0.05, 0) is 31.4 Å². The van der Waals surface area contributed by atoms with E-state index in [0.717, 1.165) is 36.4 Å². The Balaban J connectivity index is 2.33. The van der Waals surface area contributed by atoms with Crippen LogP contribution in [0, 0.1) is 6.92 Å².